The first-order chi connectivity index (χ1) is 9.54. The van der Waals surface area contributed by atoms with Crippen LogP contribution in [-0.2, 0) is 0 Å². The largest absolute Gasteiger partial charge is 0.487 e. The van der Waals surface area contributed by atoms with Crippen LogP contribution in [-0.4, -0.2) is 23.6 Å². The van der Waals surface area contributed by atoms with Gasteiger partial charge in [0.2, 0.25) is 0 Å². The van der Waals surface area contributed by atoms with Gasteiger partial charge in [0.25, 0.3) is 0 Å². The SMILES string of the molecule is CCCOc1cc(NCC2(N)CCC2)ccc1[N+](=O)[O-]. The van der Waals surface area contributed by atoms with Crippen LogP contribution >= 0.6 is 0 Å². The fourth-order valence-electron chi connectivity index (χ4n) is 2.19. The van der Waals surface area contributed by atoms with Crippen molar-refractivity contribution in [3.63, 3.8) is 0 Å². The predicted octanol–water partition coefficient (Wildman–Crippen LogP) is 2.68. The minimum Gasteiger partial charge on any atom is -0.487 e. The van der Waals surface area contributed by atoms with Crippen LogP contribution in [0.3, 0.4) is 0 Å². The van der Waals surface area contributed by atoms with Gasteiger partial charge in [0.15, 0.2) is 5.75 Å². The van der Waals surface area contributed by atoms with Gasteiger partial charge in [-0.1, -0.05) is 6.92 Å². The van der Waals surface area contributed by atoms with Crippen molar-refractivity contribution in [1.82, 2.24) is 0 Å². The molecule has 0 saturated heterocycles. The molecule has 110 valence electrons. The molecule has 1 aromatic carbocycles. The van der Waals surface area contributed by atoms with E-state index in [1.807, 2.05) is 6.92 Å². The Labute approximate surface area is 118 Å². The molecule has 1 aliphatic rings. The molecule has 6 heteroatoms. The third-order valence-corrected chi connectivity index (χ3v) is 3.61. The lowest BCUT2D eigenvalue weighted by atomic mass is 9.78. The van der Waals surface area contributed by atoms with E-state index in [0.717, 1.165) is 24.9 Å². The molecule has 0 aliphatic heterocycles. The maximum absolute atomic E-state index is 11.0. The van der Waals surface area contributed by atoms with Gasteiger partial charge < -0.3 is 15.8 Å². The summed E-state index contributed by atoms with van der Waals surface area (Å²) in [6.45, 7) is 3.10. The molecular formula is C14H21N3O3. The van der Waals surface area contributed by atoms with Gasteiger partial charge in [-0.2, -0.15) is 0 Å². The summed E-state index contributed by atoms with van der Waals surface area (Å²) in [6.07, 6.45) is 4.02. The minimum atomic E-state index is -0.425. The first-order valence-corrected chi connectivity index (χ1v) is 6.98. The number of nitrogens with two attached hydrogens (primary N) is 1. The molecule has 0 atom stereocenters. The van der Waals surface area contributed by atoms with Crippen molar-refractivity contribution in [3.05, 3.63) is 28.3 Å². The summed E-state index contributed by atoms with van der Waals surface area (Å²) < 4.78 is 5.45. The Bertz CT molecular complexity index is 487. The summed E-state index contributed by atoms with van der Waals surface area (Å²) in [5.41, 5.74) is 6.81. The Hall–Kier alpha value is -1.82. The van der Waals surface area contributed by atoms with Gasteiger partial charge in [-0.15, -0.1) is 0 Å². The quantitative estimate of drug-likeness (QED) is 0.591. The molecule has 0 spiro atoms. The van der Waals surface area contributed by atoms with E-state index in [1.54, 1.807) is 12.1 Å². The normalized spacial score (nSPS) is 16.3. The Morgan fingerprint density at radius 2 is 2.25 bits per heavy atom. The van der Waals surface area contributed by atoms with Crippen molar-refractivity contribution in [2.75, 3.05) is 18.5 Å². The van der Waals surface area contributed by atoms with Crippen LogP contribution in [0.5, 0.6) is 5.75 Å². The average molecular weight is 279 g/mol. The lowest BCUT2D eigenvalue weighted by Gasteiger charge is -2.38. The summed E-state index contributed by atoms with van der Waals surface area (Å²) in [7, 11) is 0. The van der Waals surface area contributed by atoms with E-state index in [9.17, 15) is 10.1 Å². The van der Waals surface area contributed by atoms with Gasteiger partial charge in [-0.3, -0.25) is 10.1 Å². The number of nitro groups is 1. The molecule has 6 nitrogen and oxygen atoms in total. The second-order valence-electron chi connectivity index (χ2n) is 5.36. The molecule has 20 heavy (non-hydrogen) atoms. The van der Waals surface area contributed by atoms with Crippen molar-refractivity contribution in [1.29, 1.82) is 0 Å². The molecule has 3 N–H and O–H groups in total. The Morgan fingerprint density at radius 3 is 2.80 bits per heavy atom. The first kappa shape index (κ1) is 14.6. The molecule has 0 amide bonds. The summed E-state index contributed by atoms with van der Waals surface area (Å²) in [5, 5.41) is 14.2. The molecule has 0 unspecified atom stereocenters. The van der Waals surface area contributed by atoms with Crippen molar-refractivity contribution in [2.24, 2.45) is 5.73 Å². The summed E-state index contributed by atoms with van der Waals surface area (Å²) in [4.78, 5) is 10.5. The van der Waals surface area contributed by atoms with Crippen LogP contribution in [0.15, 0.2) is 18.2 Å². The van der Waals surface area contributed by atoms with Crippen LogP contribution in [0.4, 0.5) is 11.4 Å². The number of ether oxygens (including phenoxy) is 1. The molecule has 0 bridgehead atoms. The number of nitro benzene ring substituents is 1. The molecular weight excluding hydrogens is 258 g/mol. The van der Waals surface area contributed by atoms with Crippen LogP contribution in [0.25, 0.3) is 0 Å². The lowest BCUT2D eigenvalue weighted by molar-refractivity contribution is -0.385. The molecule has 1 saturated carbocycles. The predicted molar refractivity (Wildman–Crippen MR) is 78.1 cm³/mol. The molecule has 0 aromatic heterocycles. The fraction of sp³-hybridized carbons (Fsp3) is 0.571. The maximum atomic E-state index is 11.0. The highest BCUT2D eigenvalue weighted by molar-refractivity contribution is 5.58. The van der Waals surface area contributed by atoms with Crippen molar-refractivity contribution < 1.29 is 9.66 Å². The van der Waals surface area contributed by atoms with E-state index in [4.69, 9.17) is 10.5 Å². The summed E-state index contributed by atoms with van der Waals surface area (Å²) >= 11 is 0. The minimum absolute atomic E-state index is 0.00453. The van der Waals surface area contributed by atoms with E-state index in [1.165, 1.54) is 12.5 Å². The summed E-state index contributed by atoms with van der Waals surface area (Å²) in [5.74, 6) is 0.307. The number of anilines is 1. The third-order valence-electron chi connectivity index (χ3n) is 3.61. The van der Waals surface area contributed by atoms with Gasteiger partial charge in [-0.05, 0) is 31.7 Å². The number of hydrogen-bond donors (Lipinski definition) is 2. The average Bonchev–Trinajstić information content (AvgIpc) is 2.40. The number of hydrogen-bond acceptors (Lipinski definition) is 5. The summed E-state index contributed by atoms with van der Waals surface area (Å²) in [6, 6.07) is 4.84. The van der Waals surface area contributed by atoms with Gasteiger partial charge in [-0.25, -0.2) is 0 Å². The third kappa shape index (κ3) is 3.39. The standard InChI is InChI=1S/C14H21N3O3/c1-2-8-20-13-9-11(4-5-12(13)17(18)19)16-10-14(15)6-3-7-14/h4-5,9,16H,2-3,6-8,10,15H2,1H3. The van der Waals surface area contributed by atoms with E-state index >= 15 is 0 Å². The Morgan fingerprint density at radius 1 is 1.50 bits per heavy atom. The topological polar surface area (TPSA) is 90.4 Å². The molecule has 1 aliphatic carbocycles. The Kier molecular flexibility index (Phi) is 4.44. The van der Waals surface area contributed by atoms with Gasteiger partial charge in [0.05, 0.1) is 11.5 Å². The molecule has 2 rings (SSSR count). The highest BCUT2D eigenvalue weighted by atomic mass is 16.6. The number of benzene rings is 1. The second-order valence-corrected chi connectivity index (χ2v) is 5.36. The zero-order valence-electron chi connectivity index (χ0n) is 11.7. The van der Waals surface area contributed by atoms with E-state index in [0.29, 0.717) is 18.9 Å². The van der Waals surface area contributed by atoms with E-state index in [-0.39, 0.29) is 11.2 Å². The van der Waals surface area contributed by atoms with Crippen LogP contribution in [0, 0.1) is 10.1 Å². The number of nitrogens with zero attached hydrogens (tertiary/aromatic N) is 1. The van der Waals surface area contributed by atoms with Gasteiger partial charge in [0.1, 0.15) is 0 Å². The monoisotopic (exact) mass is 279 g/mol. The zero-order chi connectivity index (χ0) is 14.6. The molecule has 1 fully saturated rings. The molecule has 0 radical (unpaired) electrons. The van der Waals surface area contributed by atoms with Gasteiger partial charge >= 0.3 is 5.69 Å². The highest BCUT2D eigenvalue weighted by Crippen LogP contribution is 2.32. The molecule has 0 heterocycles. The zero-order valence-corrected chi connectivity index (χ0v) is 11.7. The van der Waals surface area contributed by atoms with Crippen molar-refractivity contribution >= 4 is 11.4 Å². The molecule has 1 aromatic rings. The first-order valence-electron chi connectivity index (χ1n) is 6.98. The van der Waals surface area contributed by atoms with Crippen LogP contribution in [0.1, 0.15) is 32.6 Å². The van der Waals surface area contributed by atoms with Crippen molar-refractivity contribution in [3.8, 4) is 5.75 Å². The number of rotatable bonds is 7. The van der Waals surface area contributed by atoms with Crippen LogP contribution in [0.2, 0.25) is 0 Å². The smallest absolute Gasteiger partial charge is 0.311 e. The maximum Gasteiger partial charge on any atom is 0.311 e. The van der Waals surface area contributed by atoms with E-state index in [2.05, 4.69) is 5.32 Å². The van der Waals surface area contributed by atoms with Crippen LogP contribution < -0.4 is 15.8 Å². The lowest BCUT2D eigenvalue weighted by Crippen LogP contribution is -2.51. The Balaban J connectivity index is 2.07. The van der Waals surface area contributed by atoms with E-state index < -0.39 is 4.92 Å². The van der Waals surface area contributed by atoms with Gasteiger partial charge in [0, 0.05) is 29.9 Å². The number of nitrogens with one attached hydrogen (secondary N) is 1. The highest BCUT2D eigenvalue weighted by Gasteiger charge is 2.32. The second kappa shape index (κ2) is 6.09. The van der Waals surface area contributed by atoms with Crippen molar-refractivity contribution in [2.45, 2.75) is 38.1 Å². The fourth-order valence-corrected chi connectivity index (χ4v) is 2.19.